The van der Waals surface area contributed by atoms with Gasteiger partial charge in [0.2, 0.25) is 0 Å². The SMILES string of the molecule is O=C1CC2(CCCCC2)NC12CCCCC2. The normalized spacial score (nSPS) is 32.4. The number of ketones is 1. The van der Waals surface area contributed by atoms with E-state index in [-0.39, 0.29) is 11.1 Å². The summed E-state index contributed by atoms with van der Waals surface area (Å²) in [5, 5.41) is 3.82. The topological polar surface area (TPSA) is 29.1 Å². The average Bonchev–Trinajstić information content (AvgIpc) is 2.54. The summed E-state index contributed by atoms with van der Waals surface area (Å²) >= 11 is 0. The Morgan fingerprint density at radius 3 is 2.00 bits per heavy atom. The molecule has 0 unspecified atom stereocenters. The monoisotopic (exact) mass is 221 g/mol. The van der Waals surface area contributed by atoms with Crippen molar-refractivity contribution in [3.8, 4) is 0 Å². The van der Waals surface area contributed by atoms with Gasteiger partial charge in [-0.25, -0.2) is 0 Å². The largest absolute Gasteiger partial charge is 0.299 e. The van der Waals surface area contributed by atoms with Crippen molar-refractivity contribution in [2.45, 2.75) is 81.7 Å². The molecule has 0 amide bonds. The zero-order valence-electron chi connectivity index (χ0n) is 10.2. The molecule has 0 atom stereocenters. The van der Waals surface area contributed by atoms with E-state index in [1.54, 1.807) is 0 Å². The molecule has 1 heterocycles. The lowest BCUT2D eigenvalue weighted by Crippen LogP contribution is -2.53. The Kier molecular flexibility index (Phi) is 2.58. The van der Waals surface area contributed by atoms with Crippen molar-refractivity contribution in [2.75, 3.05) is 0 Å². The Morgan fingerprint density at radius 2 is 1.38 bits per heavy atom. The second-order valence-corrected chi connectivity index (χ2v) is 6.21. The Morgan fingerprint density at radius 1 is 0.812 bits per heavy atom. The van der Waals surface area contributed by atoms with Gasteiger partial charge in [0.25, 0.3) is 0 Å². The van der Waals surface area contributed by atoms with E-state index in [2.05, 4.69) is 5.32 Å². The Hall–Kier alpha value is -0.370. The van der Waals surface area contributed by atoms with E-state index in [9.17, 15) is 4.79 Å². The smallest absolute Gasteiger partial charge is 0.154 e. The third kappa shape index (κ3) is 1.62. The van der Waals surface area contributed by atoms with Crippen molar-refractivity contribution < 1.29 is 4.79 Å². The van der Waals surface area contributed by atoms with Crippen molar-refractivity contribution in [1.29, 1.82) is 0 Å². The summed E-state index contributed by atoms with van der Waals surface area (Å²) in [5.74, 6) is 0.536. The van der Waals surface area contributed by atoms with E-state index >= 15 is 0 Å². The minimum absolute atomic E-state index is 0.0877. The molecule has 2 spiro atoms. The average molecular weight is 221 g/mol. The van der Waals surface area contributed by atoms with Crippen LogP contribution in [0.4, 0.5) is 0 Å². The quantitative estimate of drug-likeness (QED) is 0.681. The fraction of sp³-hybridized carbons (Fsp3) is 0.929. The second kappa shape index (κ2) is 3.83. The second-order valence-electron chi connectivity index (χ2n) is 6.21. The van der Waals surface area contributed by atoms with Gasteiger partial charge in [-0.15, -0.1) is 0 Å². The summed E-state index contributed by atoms with van der Waals surface area (Å²) in [6.45, 7) is 0. The highest BCUT2D eigenvalue weighted by Gasteiger charge is 2.53. The molecule has 0 radical (unpaired) electrons. The highest BCUT2D eigenvalue weighted by atomic mass is 16.1. The first kappa shape index (κ1) is 10.8. The van der Waals surface area contributed by atoms with Crippen molar-refractivity contribution >= 4 is 5.78 Å². The molecule has 0 bridgehead atoms. The van der Waals surface area contributed by atoms with Gasteiger partial charge in [0, 0.05) is 12.0 Å². The number of carbonyl (C=O) groups excluding carboxylic acids is 1. The lowest BCUT2D eigenvalue weighted by atomic mass is 9.79. The standard InChI is InChI=1S/C14H23NO/c16-12-11-13(7-3-1-4-8-13)15-14(12)9-5-2-6-10-14/h15H,1-11H2. The Bertz CT molecular complexity index is 285. The summed E-state index contributed by atoms with van der Waals surface area (Å²) in [7, 11) is 0. The van der Waals surface area contributed by atoms with Crippen LogP contribution in [0.1, 0.15) is 70.6 Å². The first-order chi connectivity index (χ1) is 7.75. The zero-order valence-corrected chi connectivity index (χ0v) is 10.2. The third-order valence-electron chi connectivity index (χ3n) is 5.05. The van der Waals surface area contributed by atoms with Crippen molar-refractivity contribution in [3.05, 3.63) is 0 Å². The maximum absolute atomic E-state index is 12.4. The zero-order chi connectivity index (χ0) is 11.1. The van der Waals surface area contributed by atoms with Crippen LogP contribution in [-0.2, 0) is 4.79 Å². The molecule has 2 nitrogen and oxygen atoms in total. The van der Waals surface area contributed by atoms with Crippen LogP contribution in [0, 0.1) is 0 Å². The van der Waals surface area contributed by atoms with Gasteiger partial charge < -0.3 is 0 Å². The molecule has 2 heteroatoms. The first-order valence-electron chi connectivity index (χ1n) is 7.08. The number of Topliss-reactive ketones (excluding diaryl/α,β-unsaturated/α-hetero) is 1. The van der Waals surface area contributed by atoms with Crippen molar-refractivity contribution in [2.24, 2.45) is 0 Å². The van der Waals surface area contributed by atoms with Gasteiger partial charge in [0.05, 0.1) is 5.54 Å². The Labute approximate surface area is 98.2 Å². The molecule has 3 rings (SSSR count). The molecule has 0 aromatic heterocycles. The molecule has 2 aliphatic carbocycles. The number of rotatable bonds is 0. The molecular weight excluding hydrogens is 198 g/mol. The predicted molar refractivity (Wildman–Crippen MR) is 64.4 cm³/mol. The molecule has 2 saturated carbocycles. The Balaban J connectivity index is 1.80. The molecule has 3 aliphatic rings. The molecule has 0 aromatic carbocycles. The summed E-state index contributed by atoms with van der Waals surface area (Å²) in [6.07, 6.45) is 13.3. The van der Waals surface area contributed by atoms with Gasteiger partial charge in [0.15, 0.2) is 5.78 Å². The van der Waals surface area contributed by atoms with E-state index in [1.165, 1.54) is 51.4 Å². The lowest BCUT2D eigenvalue weighted by Gasteiger charge is -2.39. The van der Waals surface area contributed by atoms with E-state index < -0.39 is 0 Å². The van der Waals surface area contributed by atoms with Gasteiger partial charge in [-0.1, -0.05) is 38.5 Å². The highest BCUT2D eigenvalue weighted by molar-refractivity contribution is 5.92. The van der Waals surface area contributed by atoms with E-state index in [1.807, 2.05) is 0 Å². The third-order valence-corrected chi connectivity index (χ3v) is 5.05. The van der Waals surface area contributed by atoms with E-state index in [4.69, 9.17) is 0 Å². The molecular formula is C14H23NO. The van der Waals surface area contributed by atoms with Gasteiger partial charge in [0.1, 0.15) is 0 Å². The minimum Gasteiger partial charge on any atom is -0.299 e. The highest BCUT2D eigenvalue weighted by Crippen LogP contribution is 2.44. The number of carbonyl (C=O) groups is 1. The van der Waals surface area contributed by atoms with Gasteiger partial charge >= 0.3 is 0 Å². The van der Waals surface area contributed by atoms with Gasteiger partial charge in [-0.05, 0) is 25.7 Å². The van der Waals surface area contributed by atoms with Crippen LogP contribution in [0.5, 0.6) is 0 Å². The van der Waals surface area contributed by atoms with Crippen LogP contribution < -0.4 is 5.32 Å². The molecule has 16 heavy (non-hydrogen) atoms. The van der Waals surface area contributed by atoms with E-state index in [0.717, 1.165) is 19.3 Å². The molecule has 1 N–H and O–H groups in total. The van der Waals surface area contributed by atoms with Crippen LogP contribution in [0.3, 0.4) is 0 Å². The summed E-state index contributed by atoms with van der Waals surface area (Å²) in [6, 6.07) is 0. The number of hydrogen-bond acceptors (Lipinski definition) is 2. The maximum Gasteiger partial charge on any atom is 0.154 e. The molecule has 0 aromatic rings. The first-order valence-corrected chi connectivity index (χ1v) is 7.08. The van der Waals surface area contributed by atoms with E-state index in [0.29, 0.717) is 5.78 Å². The molecule has 90 valence electrons. The van der Waals surface area contributed by atoms with Crippen LogP contribution in [0.25, 0.3) is 0 Å². The summed E-state index contributed by atoms with van der Waals surface area (Å²) < 4.78 is 0. The van der Waals surface area contributed by atoms with Crippen molar-refractivity contribution in [1.82, 2.24) is 5.32 Å². The van der Waals surface area contributed by atoms with Crippen LogP contribution >= 0.6 is 0 Å². The molecule has 1 saturated heterocycles. The predicted octanol–water partition coefficient (Wildman–Crippen LogP) is 2.95. The molecule has 3 fully saturated rings. The number of nitrogens with one attached hydrogen (secondary N) is 1. The van der Waals surface area contributed by atoms with Crippen LogP contribution in [-0.4, -0.2) is 16.9 Å². The fourth-order valence-corrected chi connectivity index (χ4v) is 4.19. The van der Waals surface area contributed by atoms with Gasteiger partial charge in [-0.2, -0.15) is 0 Å². The minimum atomic E-state index is -0.0877. The van der Waals surface area contributed by atoms with Crippen LogP contribution in [0.15, 0.2) is 0 Å². The van der Waals surface area contributed by atoms with Crippen molar-refractivity contribution in [3.63, 3.8) is 0 Å². The lowest BCUT2D eigenvalue weighted by molar-refractivity contribution is -0.123. The molecule has 1 aliphatic heterocycles. The summed E-state index contributed by atoms with van der Waals surface area (Å²) in [4.78, 5) is 12.4. The summed E-state index contributed by atoms with van der Waals surface area (Å²) in [5.41, 5.74) is 0.127. The van der Waals surface area contributed by atoms with Gasteiger partial charge in [-0.3, -0.25) is 10.1 Å². The number of hydrogen-bond donors (Lipinski definition) is 1. The maximum atomic E-state index is 12.4. The fourth-order valence-electron chi connectivity index (χ4n) is 4.19. The van der Waals surface area contributed by atoms with Crippen LogP contribution in [0.2, 0.25) is 0 Å².